The smallest absolute Gasteiger partial charge is 0.267 e. The number of aromatic nitrogens is 2. The Hall–Kier alpha value is -3.65. The van der Waals surface area contributed by atoms with E-state index < -0.39 is 0 Å². The van der Waals surface area contributed by atoms with Crippen LogP contribution in [0.15, 0.2) is 54.7 Å². The first-order valence-electron chi connectivity index (χ1n) is 9.26. The third kappa shape index (κ3) is 3.90. The molecule has 0 aliphatic heterocycles. The van der Waals surface area contributed by atoms with Crippen molar-refractivity contribution in [2.75, 3.05) is 17.7 Å². The molecule has 2 N–H and O–H groups in total. The Bertz CT molecular complexity index is 1220. The molecule has 30 heavy (non-hydrogen) atoms. The minimum Gasteiger partial charge on any atom is -0.497 e. The van der Waals surface area contributed by atoms with E-state index in [1.807, 2.05) is 41.8 Å². The lowest BCUT2D eigenvalue weighted by Crippen LogP contribution is -2.12. The molecule has 7 nitrogen and oxygen atoms in total. The Morgan fingerprint density at radius 3 is 2.20 bits per heavy atom. The Labute approximate surface area is 177 Å². The third-order valence-electron chi connectivity index (χ3n) is 4.61. The van der Waals surface area contributed by atoms with Crippen molar-refractivity contribution in [2.45, 2.75) is 13.8 Å². The summed E-state index contributed by atoms with van der Waals surface area (Å²) in [5.74, 6) is 0.458. The van der Waals surface area contributed by atoms with Crippen LogP contribution in [-0.4, -0.2) is 28.3 Å². The van der Waals surface area contributed by atoms with Crippen LogP contribution in [0.25, 0.3) is 16.2 Å². The standard InChI is InChI=1S/C22H20N4O3S/c1-13-20(21(28)24-17-8-6-16(7-9-17)23-14(2)27)30-22-25-19(12-26(13)22)15-4-10-18(29-3)11-5-15/h4-12H,1-3H3,(H,23,27)(H,24,28). The van der Waals surface area contributed by atoms with E-state index in [0.717, 1.165) is 27.7 Å². The number of rotatable bonds is 5. The fourth-order valence-corrected chi connectivity index (χ4v) is 4.09. The van der Waals surface area contributed by atoms with Gasteiger partial charge in [-0.05, 0) is 55.5 Å². The maximum absolute atomic E-state index is 12.8. The van der Waals surface area contributed by atoms with Crippen LogP contribution in [0.3, 0.4) is 0 Å². The Morgan fingerprint density at radius 2 is 1.63 bits per heavy atom. The molecule has 4 rings (SSSR count). The van der Waals surface area contributed by atoms with Crippen molar-refractivity contribution in [3.05, 3.63) is 65.3 Å². The van der Waals surface area contributed by atoms with Gasteiger partial charge in [0.1, 0.15) is 10.6 Å². The highest BCUT2D eigenvalue weighted by atomic mass is 32.1. The van der Waals surface area contributed by atoms with Gasteiger partial charge in [-0.1, -0.05) is 11.3 Å². The van der Waals surface area contributed by atoms with E-state index in [2.05, 4.69) is 15.6 Å². The minimum absolute atomic E-state index is 0.140. The molecule has 8 heteroatoms. The lowest BCUT2D eigenvalue weighted by Gasteiger charge is -2.06. The van der Waals surface area contributed by atoms with E-state index in [1.54, 1.807) is 31.4 Å². The number of nitrogens with one attached hydrogen (secondary N) is 2. The Balaban J connectivity index is 1.54. The number of imidazole rings is 1. The quantitative estimate of drug-likeness (QED) is 0.495. The first-order chi connectivity index (χ1) is 14.4. The summed E-state index contributed by atoms with van der Waals surface area (Å²) in [5.41, 5.74) is 3.98. The van der Waals surface area contributed by atoms with Crippen LogP contribution in [0.1, 0.15) is 22.3 Å². The number of hydrogen-bond donors (Lipinski definition) is 2. The predicted molar refractivity (Wildman–Crippen MR) is 118 cm³/mol. The lowest BCUT2D eigenvalue weighted by molar-refractivity contribution is -0.114. The van der Waals surface area contributed by atoms with Crippen LogP contribution < -0.4 is 15.4 Å². The zero-order valence-corrected chi connectivity index (χ0v) is 17.5. The number of thiazole rings is 1. The van der Waals surface area contributed by atoms with Gasteiger partial charge in [0.2, 0.25) is 5.91 Å². The van der Waals surface area contributed by atoms with Crippen molar-refractivity contribution >= 4 is 39.5 Å². The summed E-state index contributed by atoms with van der Waals surface area (Å²) < 4.78 is 7.13. The first kappa shape index (κ1) is 19.7. The minimum atomic E-state index is -0.193. The summed E-state index contributed by atoms with van der Waals surface area (Å²) in [6.07, 6.45) is 1.93. The number of carbonyl (C=O) groups excluding carboxylic acids is 2. The fourth-order valence-electron chi connectivity index (χ4n) is 3.09. The number of methoxy groups -OCH3 is 1. The second-order valence-electron chi connectivity index (χ2n) is 6.74. The summed E-state index contributed by atoms with van der Waals surface area (Å²) in [6.45, 7) is 3.35. The Kier molecular flexibility index (Phi) is 5.24. The summed E-state index contributed by atoms with van der Waals surface area (Å²) in [6, 6.07) is 14.7. The highest BCUT2D eigenvalue weighted by Crippen LogP contribution is 2.28. The predicted octanol–water partition coefficient (Wildman–Crippen LogP) is 4.59. The normalized spacial score (nSPS) is 10.8. The number of ether oxygens (including phenoxy) is 1. The average Bonchev–Trinajstić information content (AvgIpc) is 3.29. The lowest BCUT2D eigenvalue weighted by atomic mass is 10.2. The van der Waals surface area contributed by atoms with Crippen LogP contribution in [-0.2, 0) is 4.79 Å². The second-order valence-corrected chi connectivity index (χ2v) is 7.71. The number of fused-ring (bicyclic) bond motifs is 1. The van der Waals surface area contributed by atoms with Crippen LogP contribution in [0, 0.1) is 6.92 Å². The molecule has 152 valence electrons. The average molecular weight is 420 g/mol. The summed E-state index contributed by atoms with van der Waals surface area (Å²) in [5, 5.41) is 5.59. The molecule has 0 saturated heterocycles. The van der Waals surface area contributed by atoms with Crippen molar-refractivity contribution < 1.29 is 14.3 Å². The number of aryl methyl sites for hydroxylation is 1. The van der Waals surface area contributed by atoms with Crippen LogP contribution >= 0.6 is 11.3 Å². The number of nitrogens with zero attached hydrogens (tertiary/aromatic N) is 2. The van der Waals surface area contributed by atoms with Gasteiger partial charge in [-0.3, -0.25) is 14.0 Å². The molecule has 0 aliphatic carbocycles. The van der Waals surface area contributed by atoms with Gasteiger partial charge in [-0.25, -0.2) is 4.98 Å². The molecule has 2 aromatic carbocycles. The van der Waals surface area contributed by atoms with Gasteiger partial charge in [0, 0.05) is 35.8 Å². The van der Waals surface area contributed by atoms with Crippen LogP contribution in [0.5, 0.6) is 5.75 Å². The number of hydrogen-bond acceptors (Lipinski definition) is 5. The SMILES string of the molecule is COc1ccc(-c2cn3c(C)c(C(=O)Nc4ccc(NC(C)=O)cc4)sc3n2)cc1. The second kappa shape index (κ2) is 8.00. The van der Waals surface area contributed by atoms with Crippen molar-refractivity contribution in [2.24, 2.45) is 0 Å². The van der Waals surface area contributed by atoms with Gasteiger partial charge in [0.15, 0.2) is 4.96 Å². The summed E-state index contributed by atoms with van der Waals surface area (Å²) in [4.78, 5) is 29.9. The zero-order valence-electron chi connectivity index (χ0n) is 16.7. The zero-order chi connectivity index (χ0) is 21.3. The molecule has 0 unspecified atom stereocenters. The molecule has 0 atom stereocenters. The molecular weight excluding hydrogens is 400 g/mol. The molecule has 0 fully saturated rings. The molecule has 4 aromatic rings. The maximum atomic E-state index is 12.8. The number of carbonyl (C=O) groups is 2. The molecule has 0 bridgehead atoms. The van der Waals surface area contributed by atoms with E-state index in [4.69, 9.17) is 4.74 Å². The molecular formula is C22H20N4O3S. The largest absolute Gasteiger partial charge is 0.497 e. The molecule has 2 heterocycles. The highest BCUT2D eigenvalue weighted by Gasteiger charge is 2.18. The third-order valence-corrected chi connectivity index (χ3v) is 5.77. The van der Waals surface area contributed by atoms with Crippen molar-refractivity contribution in [3.63, 3.8) is 0 Å². The van der Waals surface area contributed by atoms with Gasteiger partial charge in [0.05, 0.1) is 12.8 Å². The van der Waals surface area contributed by atoms with Crippen LogP contribution in [0.4, 0.5) is 11.4 Å². The molecule has 0 aliphatic rings. The molecule has 0 saturated carbocycles. The van der Waals surface area contributed by atoms with Crippen molar-refractivity contribution in [1.82, 2.24) is 9.38 Å². The monoisotopic (exact) mass is 420 g/mol. The maximum Gasteiger partial charge on any atom is 0.267 e. The highest BCUT2D eigenvalue weighted by molar-refractivity contribution is 7.19. The van der Waals surface area contributed by atoms with E-state index >= 15 is 0 Å². The van der Waals surface area contributed by atoms with Gasteiger partial charge >= 0.3 is 0 Å². The van der Waals surface area contributed by atoms with Crippen molar-refractivity contribution in [3.8, 4) is 17.0 Å². The number of benzene rings is 2. The number of amides is 2. The van der Waals surface area contributed by atoms with Crippen molar-refractivity contribution in [1.29, 1.82) is 0 Å². The van der Waals surface area contributed by atoms with E-state index in [1.165, 1.54) is 18.3 Å². The Morgan fingerprint density at radius 1 is 1.00 bits per heavy atom. The molecule has 0 spiro atoms. The number of anilines is 2. The van der Waals surface area contributed by atoms with E-state index in [9.17, 15) is 9.59 Å². The van der Waals surface area contributed by atoms with Gasteiger partial charge in [-0.15, -0.1) is 0 Å². The molecule has 0 radical (unpaired) electrons. The topological polar surface area (TPSA) is 84.7 Å². The fraction of sp³-hybridized carbons (Fsp3) is 0.136. The van der Waals surface area contributed by atoms with E-state index in [-0.39, 0.29) is 11.8 Å². The molecule has 2 aromatic heterocycles. The first-order valence-corrected chi connectivity index (χ1v) is 10.1. The summed E-state index contributed by atoms with van der Waals surface area (Å²) in [7, 11) is 1.63. The van der Waals surface area contributed by atoms with Gasteiger partial charge in [-0.2, -0.15) is 0 Å². The van der Waals surface area contributed by atoms with Crippen LogP contribution in [0.2, 0.25) is 0 Å². The summed E-state index contributed by atoms with van der Waals surface area (Å²) >= 11 is 1.34. The van der Waals surface area contributed by atoms with E-state index in [0.29, 0.717) is 16.3 Å². The van der Waals surface area contributed by atoms with Gasteiger partial charge < -0.3 is 15.4 Å². The molecule has 2 amide bonds. The van der Waals surface area contributed by atoms with Gasteiger partial charge in [0.25, 0.3) is 5.91 Å².